The Hall–Kier alpha value is -1.17. The molecule has 0 saturated heterocycles. The van der Waals surface area contributed by atoms with Crippen molar-refractivity contribution in [2.24, 2.45) is 0 Å². The van der Waals surface area contributed by atoms with Gasteiger partial charge in [-0.05, 0) is 32.4 Å². The Morgan fingerprint density at radius 1 is 1.33 bits per heavy atom. The van der Waals surface area contributed by atoms with Crippen LogP contribution in [0.2, 0.25) is 0 Å². The van der Waals surface area contributed by atoms with Gasteiger partial charge in [-0.15, -0.1) is 11.3 Å². The van der Waals surface area contributed by atoms with Gasteiger partial charge in [-0.25, -0.2) is 4.98 Å². The van der Waals surface area contributed by atoms with E-state index < -0.39 is 0 Å². The lowest BCUT2D eigenvalue weighted by molar-refractivity contribution is 0.562. The van der Waals surface area contributed by atoms with Crippen molar-refractivity contribution in [1.82, 2.24) is 14.7 Å². The topological polar surface area (TPSA) is 29.3 Å². The Morgan fingerprint density at radius 3 is 2.86 bits per heavy atom. The van der Waals surface area contributed by atoms with Crippen molar-refractivity contribution in [3.05, 3.63) is 56.8 Å². The third kappa shape index (κ3) is 2.78. The number of benzene rings is 1. The second-order valence-corrected chi connectivity index (χ2v) is 6.95. The summed E-state index contributed by atoms with van der Waals surface area (Å²) in [6.45, 7) is 7.21. The molecule has 21 heavy (non-hydrogen) atoms. The molecule has 0 aliphatic rings. The van der Waals surface area contributed by atoms with Gasteiger partial charge in [0, 0.05) is 28.1 Å². The van der Waals surface area contributed by atoms with Crippen LogP contribution >= 0.6 is 27.3 Å². The molecule has 3 aromatic rings. The van der Waals surface area contributed by atoms with E-state index in [1.54, 1.807) is 11.3 Å². The van der Waals surface area contributed by atoms with Gasteiger partial charge in [0.2, 0.25) is 0 Å². The number of thiazole rings is 1. The zero-order valence-corrected chi connectivity index (χ0v) is 14.8. The number of rotatable bonds is 4. The maximum atomic E-state index is 4.63. The largest absolute Gasteiger partial charge is 0.305 e. The molecule has 1 unspecified atom stereocenters. The molecule has 0 spiro atoms. The van der Waals surface area contributed by atoms with E-state index in [-0.39, 0.29) is 6.04 Å². The van der Waals surface area contributed by atoms with E-state index in [0.717, 1.165) is 21.7 Å². The highest BCUT2D eigenvalue weighted by Crippen LogP contribution is 2.24. The van der Waals surface area contributed by atoms with Gasteiger partial charge < -0.3 is 5.32 Å². The standard InChI is InChI=1S/C16H18BrN3S/c1-10-9-21-16-19-12(3)15(20(10)16)8-18-11(2)13-6-4-5-7-14(13)17/h4-7,9,11,18H,8H2,1-3H3. The van der Waals surface area contributed by atoms with Crippen LogP contribution in [0.3, 0.4) is 0 Å². The Balaban J connectivity index is 1.82. The fourth-order valence-electron chi connectivity index (χ4n) is 2.56. The molecule has 0 saturated carbocycles. The lowest BCUT2D eigenvalue weighted by Gasteiger charge is -2.16. The van der Waals surface area contributed by atoms with Gasteiger partial charge in [0.1, 0.15) is 0 Å². The van der Waals surface area contributed by atoms with Gasteiger partial charge in [-0.1, -0.05) is 34.1 Å². The number of hydrogen-bond donors (Lipinski definition) is 1. The van der Waals surface area contributed by atoms with E-state index in [2.05, 4.69) is 75.0 Å². The van der Waals surface area contributed by atoms with Crippen molar-refractivity contribution in [2.75, 3.05) is 0 Å². The maximum absolute atomic E-state index is 4.63. The lowest BCUT2D eigenvalue weighted by Crippen LogP contribution is -2.20. The third-order valence-electron chi connectivity index (χ3n) is 3.78. The first-order valence-corrected chi connectivity index (χ1v) is 8.65. The van der Waals surface area contributed by atoms with Crippen molar-refractivity contribution in [3.8, 4) is 0 Å². The van der Waals surface area contributed by atoms with E-state index in [9.17, 15) is 0 Å². The second kappa shape index (κ2) is 5.91. The summed E-state index contributed by atoms with van der Waals surface area (Å²) in [5, 5.41) is 5.76. The van der Waals surface area contributed by atoms with Gasteiger partial charge in [-0.2, -0.15) is 0 Å². The zero-order valence-electron chi connectivity index (χ0n) is 12.4. The highest BCUT2D eigenvalue weighted by Gasteiger charge is 2.14. The van der Waals surface area contributed by atoms with Gasteiger partial charge in [0.05, 0.1) is 11.4 Å². The summed E-state index contributed by atoms with van der Waals surface area (Å²) < 4.78 is 3.40. The molecule has 0 bridgehead atoms. The molecule has 1 atom stereocenters. The van der Waals surface area contributed by atoms with Crippen LogP contribution in [0.1, 0.15) is 35.6 Å². The number of nitrogens with zero attached hydrogens (tertiary/aromatic N) is 2. The fourth-order valence-corrected chi connectivity index (χ4v) is 4.12. The van der Waals surface area contributed by atoms with Crippen LogP contribution in [0.4, 0.5) is 0 Å². The van der Waals surface area contributed by atoms with E-state index in [4.69, 9.17) is 0 Å². The molecule has 0 aliphatic carbocycles. The maximum Gasteiger partial charge on any atom is 0.194 e. The SMILES string of the molecule is Cc1nc2scc(C)n2c1CNC(C)c1ccccc1Br. The number of nitrogens with one attached hydrogen (secondary N) is 1. The molecule has 1 aromatic carbocycles. The lowest BCUT2D eigenvalue weighted by atomic mass is 10.1. The van der Waals surface area contributed by atoms with E-state index in [1.807, 2.05) is 6.07 Å². The number of aryl methyl sites for hydroxylation is 2. The zero-order chi connectivity index (χ0) is 15.0. The minimum atomic E-state index is 0.282. The summed E-state index contributed by atoms with van der Waals surface area (Å²) in [5.41, 5.74) is 4.89. The minimum Gasteiger partial charge on any atom is -0.305 e. The van der Waals surface area contributed by atoms with Gasteiger partial charge in [-0.3, -0.25) is 4.40 Å². The Labute approximate surface area is 137 Å². The average Bonchev–Trinajstić information content (AvgIpc) is 2.96. The first kappa shape index (κ1) is 14.8. The molecule has 0 radical (unpaired) electrons. The minimum absolute atomic E-state index is 0.282. The molecule has 2 heterocycles. The quantitative estimate of drug-likeness (QED) is 0.732. The van der Waals surface area contributed by atoms with Crippen molar-refractivity contribution >= 4 is 32.2 Å². The summed E-state index contributed by atoms with van der Waals surface area (Å²) in [6.07, 6.45) is 0. The van der Waals surface area contributed by atoms with E-state index in [1.165, 1.54) is 17.0 Å². The normalized spacial score (nSPS) is 13.0. The Morgan fingerprint density at radius 2 is 2.10 bits per heavy atom. The van der Waals surface area contributed by atoms with E-state index in [0.29, 0.717) is 0 Å². The van der Waals surface area contributed by atoms with Crippen molar-refractivity contribution in [3.63, 3.8) is 0 Å². The molecule has 0 amide bonds. The summed E-state index contributed by atoms with van der Waals surface area (Å²) in [5.74, 6) is 0. The number of hydrogen-bond acceptors (Lipinski definition) is 3. The highest BCUT2D eigenvalue weighted by atomic mass is 79.9. The Kier molecular flexibility index (Phi) is 4.15. The van der Waals surface area contributed by atoms with Crippen LogP contribution in [-0.2, 0) is 6.54 Å². The van der Waals surface area contributed by atoms with Crippen LogP contribution in [0.5, 0.6) is 0 Å². The molecule has 3 rings (SSSR count). The molecule has 0 aliphatic heterocycles. The van der Waals surface area contributed by atoms with Crippen LogP contribution in [-0.4, -0.2) is 9.38 Å². The van der Waals surface area contributed by atoms with Crippen molar-refractivity contribution in [2.45, 2.75) is 33.4 Å². The predicted octanol–water partition coefficient (Wildman–Crippen LogP) is 4.63. The van der Waals surface area contributed by atoms with Gasteiger partial charge in [0.25, 0.3) is 0 Å². The van der Waals surface area contributed by atoms with Gasteiger partial charge >= 0.3 is 0 Å². The number of aromatic nitrogens is 2. The first-order chi connectivity index (χ1) is 10.1. The molecule has 5 heteroatoms. The number of fused-ring (bicyclic) bond motifs is 1. The number of imidazole rings is 1. The molecule has 0 fully saturated rings. The van der Waals surface area contributed by atoms with Crippen molar-refractivity contribution in [1.29, 1.82) is 0 Å². The highest BCUT2D eigenvalue weighted by molar-refractivity contribution is 9.10. The first-order valence-electron chi connectivity index (χ1n) is 6.97. The summed E-state index contributed by atoms with van der Waals surface area (Å²) in [6, 6.07) is 8.63. The molecule has 1 N–H and O–H groups in total. The summed E-state index contributed by atoms with van der Waals surface area (Å²) in [7, 11) is 0. The molecule has 3 nitrogen and oxygen atoms in total. The van der Waals surface area contributed by atoms with Crippen LogP contribution in [0.25, 0.3) is 4.96 Å². The van der Waals surface area contributed by atoms with Crippen LogP contribution in [0.15, 0.2) is 34.1 Å². The molecule has 110 valence electrons. The second-order valence-electron chi connectivity index (χ2n) is 5.26. The smallest absolute Gasteiger partial charge is 0.194 e. The van der Waals surface area contributed by atoms with Gasteiger partial charge in [0.15, 0.2) is 4.96 Å². The number of halogens is 1. The van der Waals surface area contributed by atoms with Crippen LogP contribution in [0, 0.1) is 13.8 Å². The molecular weight excluding hydrogens is 346 g/mol. The third-order valence-corrected chi connectivity index (χ3v) is 5.44. The molecule has 2 aromatic heterocycles. The summed E-state index contributed by atoms with van der Waals surface area (Å²) >= 11 is 5.32. The Bertz CT molecular complexity index is 775. The van der Waals surface area contributed by atoms with Crippen molar-refractivity contribution < 1.29 is 0 Å². The average molecular weight is 364 g/mol. The van der Waals surface area contributed by atoms with Crippen LogP contribution < -0.4 is 5.32 Å². The van der Waals surface area contributed by atoms with E-state index >= 15 is 0 Å². The predicted molar refractivity (Wildman–Crippen MR) is 91.9 cm³/mol. The fraction of sp³-hybridized carbons (Fsp3) is 0.312. The molecular formula is C16H18BrN3S. The summed E-state index contributed by atoms with van der Waals surface area (Å²) in [4.78, 5) is 5.71. The monoisotopic (exact) mass is 363 g/mol.